The lowest BCUT2D eigenvalue weighted by Gasteiger charge is -2.34. The first-order valence-electron chi connectivity index (χ1n) is 8.09. The van der Waals surface area contributed by atoms with Crippen LogP contribution in [0.1, 0.15) is 68.2 Å². The smallest absolute Gasteiger partial charge is 0.0312 e. The first kappa shape index (κ1) is 17.9. The molecule has 0 radical (unpaired) electrons. The van der Waals surface area contributed by atoms with Gasteiger partial charge in [-0.15, -0.1) is 0 Å². The van der Waals surface area contributed by atoms with Crippen molar-refractivity contribution in [1.29, 1.82) is 0 Å². The van der Waals surface area contributed by atoms with Crippen molar-refractivity contribution in [1.82, 2.24) is 0 Å². The summed E-state index contributed by atoms with van der Waals surface area (Å²) in [5, 5.41) is 2.03. The van der Waals surface area contributed by atoms with Crippen molar-refractivity contribution in [3.05, 3.63) is 43.5 Å². The van der Waals surface area contributed by atoms with Crippen LogP contribution < -0.4 is 0 Å². The summed E-state index contributed by atoms with van der Waals surface area (Å²) >= 11 is 13.4. The van der Waals surface area contributed by atoms with Crippen LogP contribution in [0.15, 0.2) is 43.5 Å². The zero-order valence-electron chi connectivity index (χ0n) is 15.2. The van der Waals surface area contributed by atoms with Crippen molar-refractivity contribution in [2.45, 2.75) is 68.2 Å². The molecule has 2 atom stereocenters. The van der Waals surface area contributed by atoms with Crippen LogP contribution >= 0.6 is 23.2 Å². The predicted octanol–water partition coefficient (Wildman–Crippen LogP) is 7.50. The molecule has 2 aliphatic carbocycles. The van der Waals surface area contributed by atoms with E-state index in [0.29, 0.717) is 0 Å². The number of allylic oxidation sites excluding steroid dienone is 8. The largest absolute Gasteiger partial charge is 0.0879 e. The Bertz CT molecular complexity index is 547. The number of hydrogen-bond acceptors (Lipinski definition) is 0. The van der Waals surface area contributed by atoms with Crippen LogP contribution in [-0.4, -0.2) is 0 Å². The van der Waals surface area contributed by atoms with E-state index in [1.165, 1.54) is 33.4 Å². The second-order valence-corrected chi connectivity index (χ2v) is 8.30. The van der Waals surface area contributed by atoms with Crippen LogP contribution in [0.25, 0.3) is 0 Å². The van der Waals surface area contributed by atoms with E-state index in [1.807, 2.05) is 0 Å². The fraction of sp³-hybridized carbons (Fsp3) is 0.600. The molecule has 0 spiro atoms. The van der Waals surface area contributed by atoms with Crippen molar-refractivity contribution >= 4 is 23.2 Å². The molecule has 2 unspecified atom stereocenters. The fourth-order valence-electron chi connectivity index (χ4n) is 3.97. The zero-order valence-corrected chi connectivity index (χ0v) is 16.7. The molecule has 0 nitrogen and oxygen atoms in total. The van der Waals surface area contributed by atoms with Gasteiger partial charge in [0.1, 0.15) is 0 Å². The van der Waals surface area contributed by atoms with Gasteiger partial charge in [-0.25, -0.2) is 0 Å². The highest BCUT2D eigenvalue weighted by atomic mass is 35.5. The molecular weight excluding hydrogens is 311 g/mol. The van der Waals surface area contributed by atoms with E-state index in [2.05, 4.69) is 55.4 Å². The van der Waals surface area contributed by atoms with Crippen molar-refractivity contribution in [2.24, 2.45) is 10.8 Å². The third-order valence-corrected chi connectivity index (χ3v) is 8.06. The highest BCUT2D eigenvalue weighted by Gasteiger charge is 2.43. The Labute approximate surface area is 146 Å². The quantitative estimate of drug-likeness (QED) is 0.499. The Morgan fingerprint density at radius 3 is 1.05 bits per heavy atom. The standard InChI is InChI=1S/C20H28Cl2/c1-11-13(3)17(21)19(7,15(11)5)9-10-20(8)16(6)12(2)14(4)18(20)22/h9-10H2,1-8H3. The Balaban J connectivity index is 2.32. The first-order valence-corrected chi connectivity index (χ1v) is 8.84. The van der Waals surface area contributed by atoms with Gasteiger partial charge in [0.15, 0.2) is 0 Å². The van der Waals surface area contributed by atoms with Gasteiger partial charge in [-0.05, 0) is 76.7 Å². The number of hydrogen-bond donors (Lipinski definition) is 0. The second-order valence-electron chi connectivity index (χ2n) is 7.54. The molecule has 2 rings (SSSR count). The molecular formula is C20H28Cl2. The normalized spacial score (nSPS) is 33.0. The van der Waals surface area contributed by atoms with E-state index in [0.717, 1.165) is 22.9 Å². The molecule has 0 N–H and O–H groups in total. The SMILES string of the molecule is CC1=C(C)C(C)(CCC2(C)C(C)=C(C)C(C)=C2Cl)C(Cl)=C1C. The van der Waals surface area contributed by atoms with Crippen LogP contribution in [-0.2, 0) is 0 Å². The minimum atomic E-state index is -0.0411. The van der Waals surface area contributed by atoms with Crippen molar-refractivity contribution < 1.29 is 0 Å². The van der Waals surface area contributed by atoms with Crippen LogP contribution in [0.2, 0.25) is 0 Å². The van der Waals surface area contributed by atoms with Crippen LogP contribution in [0, 0.1) is 10.8 Å². The molecule has 0 amide bonds. The first-order chi connectivity index (χ1) is 9.98. The molecule has 2 aliphatic rings. The topological polar surface area (TPSA) is 0 Å². The maximum atomic E-state index is 6.70. The van der Waals surface area contributed by atoms with Gasteiger partial charge in [0.2, 0.25) is 0 Å². The highest BCUT2D eigenvalue weighted by molar-refractivity contribution is 6.32. The maximum Gasteiger partial charge on any atom is 0.0312 e. The number of halogens is 2. The lowest BCUT2D eigenvalue weighted by atomic mass is 9.72. The predicted molar refractivity (Wildman–Crippen MR) is 99.3 cm³/mol. The summed E-state index contributed by atoms with van der Waals surface area (Å²) in [5.74, 6) is 0. The minimum absolute atomic E-state index is 0.0411. The Morgan fingerprint density at radius 1 is 0.591 bits per heavy atom. The molecule has 0 aromatic heterocycles. The van der Waals surface area contributed by atoms with E-state index in [9.17, 15) is 0 Å². The summed E-state index contributed by atoms with van der Waals surface area (Å²) in [6, 6.07) is 0. The van der Waals surface area contributed by atoms with Gasteiger partial charge in [0.05, 0.1) is 0 Å². The minimum Gasteiger partial charge on any atom is -0.0879 e. The molecule has 0 heterocycles. The lowest BCUT2D eigenvalue weighted by Crippen LogP contribution is -2.23. The summed E-state index contributed by atoms with van der Waals surface area (Å²) < 4.78 is 0. The van der Waals surface area contributed by atoms with Gasteiger partial charge in [-0.2, -0.15) is 0 Å². The number of rotatable bonds is 3. The molecule has 122 valence electrons. The molecule has 0 saturated carbocycles. The van der Waals surface area contributed by atoms with Gasteiger partial charge in [-0.3, -0.25) is 0 Å². The lowest BCUT2D eigenvalue weighted by molar-refractivity contribution is 0.355. The average Bonchev–Trinajstić information content (AvgIpc) is 2.74. The van der Waals surface area contributed by atoms with Gasteiger partial charge in [0, 0.05) is 20.9 Å². The molecule has 0 saturated heterocycles. The summed E-state index contributed by atoms with van der Waals surface area (Å²) in [7, 11) is 0. The van der Waals surface area contributed by atoms with E-state index >= 15 is 0 Å². The third-order valence-electron chi connectivity index (χ3n) is 6.66. The van der Waals surface area contributed by atoms with E-state index in [4.69, 9.17) is 23.2 Å². The van der Waals surface area contributed by atoms with Crippen LogP contribution in [0.3, 0.4) is 0 Å². The average molecular weight is 339 g/mol. The summed E-state index contributed by atoms with van der Waals surface area (Å²) in [5.41, 5.74) is 7.94. The third kappa shape index (κ3) is 2.26. The van der Waals surface area contributed by atoms with Crippen molar-refractivity contribution in [3.8, 4) is 0 Å². The molecule has 22 heavy (non-hydrogen) atoms. The molecule has 0 aromatic rings. The van der Waals surface area contributed by atoms with Crippen LogP contribution in [0.5, 0.6) is 0 Å². The van der Waals surface area contributed by atoms with E-state index in [-0.39, 0.29) is 10.8 Å². The van der Waals surface area contributed by atoms with Gasteiger partial charge in [-0.1, -0.05) is 48.2 Å². The Hall–Kier alpha value is -0.460. The molecule has 0 fully saturated rings. The monoisotopic (exact) mass is 338 g/mol. The molecule has 0 aromatic carbocycles. The molecule has 2 heteroatoms. The Kier molecular flexibility index (Phi) is 4.52. The Morgan fingerprint density at radius 2 is 0.864 bits per heavy atom. The van der Waals surface area contributed by atoms with Gasteiger partial charge >= 0.3 is 0 Å². The summed E-state index contributed by atoms with van der Waals surface area (Å²) in [6.07, 6.45) is 2.05. The molecule has 0 aliphatic heterocycles. The summed E-state index contributed by atoms with van der Waals surface area (Å²) in [6.45, 7) is 17.6. The highest BCUT2D eigenvalue weighted by Crippen LogP contribution is 2.56. The maximum absolute atomic E-state index is 6.70. The summed E-state index contributed by atoms with van der Waals surface area (Å²) in [4.78, 5) is 0. The van der Waals surface area contributed by atoms with Crippen molar-refractivity contribution in [2.75, 3.05) is 0 Å². The van der Waals surface area contributed by atoms with Crippen LogP contribution in [0.4, 0.5) is 0 Å². The van der Waals surface area contributed by atoms with Crippen molar-refractivity contribution in [3.63, 3.8) is 0 Å². The van der Waals surface area contributed by atoms with E-state index in [1.54, 1.807) is 0 Å². The zero-order chi connectivity index (χ0) is 17.0. The fourth-order valence-corrected chi connectivity index (χ4v) is 4.73. The van der Waals surface area contributed by atoms with Gasteiger partial charge in [0.25, 0.3) is 0 Å². The molecule has 0 bridgehead atoms. The van der Waals surface area contributed by atoms with Gasteiger partial charge < -0.3 is 0 Å². The second kappa shape index (κ2) is 5.56. The van der Waals surface area contributed by atoms with E-state index < -0.39 is 0 Å².